The molecule has 0 atom stereocenters. The molecule has 5 nitrogen and oxygen atoms in total. The van der Waals surface area contributed by atoms with Gasteiger partial charge in [-0.15, -0.1) is 0 Å². The zero-order valence-corrected chi connectivity index (χ0v) is 21.9. The van der Waals surface area contributed by atoms with E-state index in [9.17, 15) is 9.59 Å². The summed E-state index contributed by atoms with van der Waals surface area (Å²) in [6.07, 6.45) is 1.74. The first kappa shape index (κ1) is 25.1. The van der Waals surface area contributed by atoms with E-state index >= 15 is 0 Å². The summed E-state index contributed by atoms with van der Waals surface area (Å²) >= 11 is 18.5. The van der Waals surface area contributed by atoms with Crippen LogP contribution in [0.1, 0.15) is 30.8 Å². The van der Waals surface area contributed by atoms with Gasteiger partial charge in [-0.05, 0) is 87.9 Å². The number of hydrogen-bond acceptors (Lipinski definition) is 3. The summed E-state index contributed by atoms with van der Waals surface area (Å²) < 4.78 is 7.30. The van der Waals surface area contributed by atoms with Crippen molar-refractivity contribution in [3.05, 3.63) is 97.4 Å². The van der Waals surface area contributed by atoms with Gasteiger partial charge in [0, 0.05) is 43.5 Å². The molecule has 1 aromatic heterocycles. The van der Waals surface area contributed by atoms with Crippen molar-refractivity contribution in [1.82, 2.24) is 4.57 Å². The van der Waals surface area contributed by atoms with Crippen molar-refractivity contribution in [3.8, 4) is 5.69 Å². The molecular weight excluding hydrogens is 507 g/mol. The Morgan fingerprint density at radius 1 is 0.914 bits per heavy atom. The van der Waals surface area contributed by atoms with Crippen molar-refractivity contribution in [2.45, 2.75) is 27.7 Å². The monoisotopic (exact) mass is 528 g/mol. The molecule has 0 saturated heterocycles. The number of aryl methyl sites for hydroxylation is 1. The van der Waals surface area contributed by atoms with E-state index in [4.69, 9.17) is 39.5 Å². The van der Waals surface area contributed by atoms with Gasteiger partial charge in [-0.2, -0.15) is 0 Å². The Bertz CT molecular complexity index is 1380. The fourth-order valence-electron chi connectivity index (χ4n) is 4.34. The second kappa shape index (κ2) is 9.94. The smallest absolute Gasteiger partial charge is 0.340 e. The summed E-state index contributed by atoms with van der Waals surface area (Å²) in [5.41, 5.74) is 4.99. The third kappa shape index (κ3) is 4.76. The van der Waals surface area contributed by atoms with Gasteiger partial charge in [-0.1, -0.05) is 34.8 Å². The number of carbonyl (C=O) groups is 2. The van der Waals surface area contributed by atoms with E-state index in [2.05, 4.69) is 0 Å². The van der Waals surface area contributed by atoms with Crippen LogP contribution in [0.15, 0.2) is 65.4 Å². The van der Waals surface area contributed by atoms with E-state index in [-0.39, 0.29) is 23.7 Å². The van der Waals surface area contributed by atoms with Gasteiger partial charge >= 0.3 is 5.97 Å². The number of anilines is 1. The van der Waals surface area contributed by atoms with Crippen LogP contribution in [0.2, 0.25) is 15.1 Å². The van der Waals surface area contributed by atoms with Gasteiger partial charge in [0.05, 0.1) is 17.8 Å². The minimum absolute atomic E-state index is 0.196. The Labute approximate surface area is 219 Å². The molecule has 0 saturated carbocycles. The topological polar surface area (TPSA) is 51.5 Å². The Kier molecular flexibility index (Phi) is 7.13. The second-order valence-corrected chi connectivity index (χ2v) is 9.45. The molecule has 1 aliphatic rings. The number of halogens is 3. The highest BCUT2D eigenvalue weighted by Crippen LogP contribution is 2.37. The molecule has 180 valence electrons. The predicted octanol–water partition coefficient (Wildman–Crippen LogP) is 7.32. The number of allylic oxidation sites excluding steroid dienone is 1. The Morgan fingerprint density at radius 2 is 1.54 bits per heavy atom. The van der Waals surface area contributed by atoms with Crippen molar-refractivity contribution in [2.75, 3.05) is 11.5 Å². The molecule has 35 heavy (non-hydrogen) atoms. The first-order valence-electron chi connectivity index (χ1n) is 11.0. The highest BCUT2D eigenvalue weighted by Gasteiger charge is 2.38. The highest BCUT2D eigenvalue weighted by molar-refractivity contribution is 6.35. The van der Waals surface area contributed by atoms with Crippen LogP contribution in [0.4, 0.5) is 5.69 Å². The largest absolute Gasteiger partial charge is 0.462 e. The lowest BCUT2D eigenvalue weighted by Crippen LogP contribution is -2.24. The molecule has 0 N–H and O–H groups in total. The molecule has 0 bridgehead atoms. The number of rotatable bonds is 5. The van der Waals surface area contributed by atoms with E-state index in [0.717, 1.165) is 22.6 Å². The van der Waals surface area contributed by atoms with E-state index in [1.165, 1.54) is 4.90 Å². The van der Waals surface area contributed by atoms with E-state index in [1.54, 1.807) is 50.3 Å². The van der Waals surface area contributed by atoms with Crippen LogP contribution < -0.4 is 4.90 Å². The lowest BCUT2D eigenvalue weighted by atomic mass is 10.0. The van der Waals surface area contributed by atoms with E-state index < -0.39 is 5.97 Å². The average Bonchev–Trinajstić information content (AvgIpc) is 3.20. The number of esters is 1. The first-order chi connectivity index (χ1) is 16.6. The van der Waals surface area contributed by atoms with Crippen molar-refractivity contribution < 1.29 is 14.3 Å². The normalized spacial score (nSPS) is 14.9. The standard InChI is InChI=1S/C27H23Cl3N2O3/c1-5-35-27(34)25-17(4)32(22-8-6-19(28)7-9-22)26(33)24(25)11-18-10-15(2)31(16(18)3)23-13-20(29)12-21(30)14-23/h6-14H,5H2,1-4H3/b24-11-. The molecule has 4 rings (SSSR count). The number of nitrogens with zero attached hydrogens (tertiary/aromatic N) is 2. The van der Waals surface area contributed by atoms with Crippen molar-refractivity contribution in [2.24, 2.45) is 0 Å². The SMILES string of the molecule is CCOC(=O)C1=C(C)N(c2ccc(Cl)cc2)C(=O)/C1=C\c1cc(C)n(-c2cc(Cl)cc(Cl)c2)c1C. The van der Waals surface area contributed by atoms with E-state index in [0.29, 0.717) is 26.5 Å². The average molecular weight is 530 g/mol. The lowest BCUT2D eigenvalue weighted by molar-refractivity contribution is -0.138. The number of aromatic nitrogens is 1. The zero-order valence-electron chi connectivity index (χ0n) is 19.7. The van der Waals surface area contributed by atoms with Crippen LogP contribution in [-0.4, -0.2) is 23.1 Å². The summed E-state index contributed by atoms with van der Waals surface area (Å²) in [4.78, 5) is 28.1. The third-order valence-corrected chi connectivity index (χ3v) is 6.53. The number of carbonyl (C=O) groups excluding carboxylic acids is 2. The number of benzene rings is 2. The summed E-state index contributed by atoms with van der Waals surface area (Å²) in [6.45, 7) is 7.55. The first-order valence-corrected chi connectivity index (χ1v) is 12.1. The van der Waals surface area contributed by atoms with Gasteiger partial charge in [-0.3, -0.25) is 9.69 Å². The summed E-state index contributed by atoms with van der Waals surface area (Å²) in [7, 11) is 0. The summed E-state index contributed by atoms with van der Waals surface area (Å²) in [6, 6.07) is 14.1. The molecule has 2 heterocycles. The van der Waals surface area contributed by atoms with Crippen LogP contribution in [0.3, 0.4) is 0 Å². The van der Waals surface area contributed by atoms with E-state index in [1.807, 2.05) is 36.6 Å². The molecule has 0 radical (unpaired) electrons. The fourth-order valence-corrected chi connectivity index (χ4v) is 4.98. The maximum absolute atomic E-state index is 13.6. The van der Waals surface area contributed by atoms with Crippen LogP contribution >= 0.6 is 34.8 Å². The second-order valence-electron chi connectivity index (χ2n) is 8.15. The molecule has 1 amide bonds. The molecule has 1 aliphatic heterocycles. The summed E-state index contributed by atoms with van der Waals surface area (Å²) in [5.74, 6) is -0.861. The predicted molar refractivity (Wildman–Crippen MR) is 142 cm³/mol. The Hall–Kier alpha value is -2.99. The molecule has 0 fully saturated rings. The van der Waals surface area contributed by atoms with Crippen molar-refractivity contribution in [1.29, 1.82) is 0 Å². The molecule has 0 unspecified atom stereocenters. The van der Waals surface area contributed by atoms with Gasteiger partial charge in [0.1, 0.15) is 0 Å². The van der Waals surface area contributed by atoms with Crippen molar-refractivity contribution >= 4 is 58.4 Å². The van der Waals surface area contributed by atoms with Gasteiger partial charge in [0.25, 0.3) is 5.91 Å². The minimum atomic E-state index is -0.545. The maximum atomic E-state index is 13.6. The Morgan fingerprint density at radius 3 is 2.14 bits per heavy atom. The summed E-state index contributed by atoms with van der Waals surface area (Å²) in [5, 5.41) is 1.59. The molecule has 0 spiro atoms. The zero-order chi connectivity index (χ0) is 25.4. The van der Waals surface area contributed by atoms with Gasteiger partial charge in [0.15, 0.2) is 0 Å². The van der Waals surface area contributed by atoms with Gasteiger partial charge in [0.2, 0.25) is 0 Å². The fraction of sp³-hybridized carbons (Fsp3) is 0.185. The number of hydrogen-bond donors (Lipinski definition) is 0. The lowest BCUT2D eigenvalue weighted by Gasteiger charge is -2.18. The van der Waals surface area contributed by atoms with Crippen LogP contribution in [-0.2, 0) is 14.3 Å². The van der Waals surface area contributed by atoms with Crippen LogP contribution in [0.5, 0.6) is 0 Å². The molecule has 2 aromatic carbocycles. The third-order valence-electron chi connectivity index (χ3n) is 5.84. The molecule has 0 aliphatic carbocycles. The molecule has 8 heteroatoms. The minimum Gasteiger partial charge on any atom is -0.462 e. The van der Waals surface area contributed by atoms with Gasteiger partial charge in [-0.25, -0.2) is 4.79 Å². The molecule has 3 aromatic rings. The quantitative estimate of drug-likeness (QED) is 0.257. The highest BCUT2D eigenvalue weighted by atomic mass is 35.5. The number of amides is 1. The van der Waals surface area contributed by atoms with Crippen LogP contribution in [0, 0.1) is 13.8 Å². The van der Waals surface area contributed by atoms with Crippen molar-refractivity contribution in [3.63, 3.8) is 0 Å². The maximum Gasteiger partial charge on any atom is 0.340 e. The number of ether oxygens (including phenoxy) is 1. The Balaban J connectivity index is 1.85. The molecular formula is C27H23Cl3N2O3. The van der Waals surface area contributed by atoms with Crippen LogP contribution in [0.25, 0.3) is 11.8 Å². The van der Waals surface area contributed by atoms with Gasteiger partial charge < -0.3 is 9.30 Å².